The number of hydrogen-bond acceptors (Lipinski definition) is 3. The first-order valence-electron chi connectivity index (χ1n) is 9.17. The maximum atomic E-state index is 12.6. The van der Waals surface area contributed by atoms with Gasteiger partial charge in [0.2, 0.25) is 0 Å². The Kier molecular flexibility index (Phi) is 6.01. The summed E-state index contributed by atoms with van der Waals surface area (Å²) in [5, 5.41) is 6.42. The zero-order valence-corrected chi connectivity index (χ0v) is 17.0. The molecule has 0 aliphatic carbocycles. The van der Waals surface area contributed by atoms with Crippen LogP contribution in [-0.2, 0) is 6.54 Å². The van der Waals surface area contributed by atoms with Crippen molar-refractivity contribution in [2.24, 2.45) is 0 Å². The quantitative estimate of drug-likeness (QED) is 0.604. The van der Waals surface area contributed by atoms with Crippen molar-refractivity contribution in [1.82, 2.24) is 10.2 Å². The van der Waals surface area contributed by atoms with Crippen LogP contribution in [0.5, 0.6) is 5.75 Å². The molecule has 0 aliphatic heterocycles. The van der Waals surface area contributed by atoms with Gasteiger partial charge in [0.15, 0.2) is 0 Å². The lowest BCUT2D eigenvalue weighted by atomic mass is 10.1. The number of rotatable bonds is 6. The molecule has 0 spiro atoms. The summed E-state index contributed by atoms with van der Waals surface area (Å²) in [5.74, 6) is 0.821. The average molecular weight is 383 g/mol. The third-order valence-corrected chi connectivity index (χ3v) is 5.40. The number of ether oxygens (including phenoxy) is 1. The van der Waals surface area contributed by atoms with Gasteiger partial charge < -0.3 is 15.0 Å². The average Bonchev–Trinajstić information content (AvgIpc) is 3.04. The van der Waals surface area contributed by atoms with Crippen LogP contribution in [0.4, 0.5) is 4.79 Å². The van der Waals surface area contributed by atoms with Crippen LogP contribution in [0.3, 0.4) is 0 Å². The van der Waals surface area contributed by atoms with Gasteiger partial charge in [-0.05, 0) is 60.9 Å². The van der Waals surface area contributed by atoms with E-state index in [1.54, 1.807) is 16.2 Å². The second-order valence-electron chi connectivity index (χ2n) is 7.02. The van der Waals surface area contributed by atoms with E-state index < -0.39 is 0 Å². The van der Waals surface area contributed by atoms with Gasteiger partial charge in [0.1, 0.15) is 5.75 Å². The SMILES string of the molecule is CC(C)Oc1cccc(C(C)NC(=O)N(C)Cc2csc3ccccc23)c1. The lowest BCUT2D eigenvalue weighted by Gasteiger charge is -2.22. The van der Waals surface area contributed by atoms with Crippen molar-refractivity contribution in [2.75, 3.05) is 7.05 Å². The molecular weight excluding hydrogens is 356 g/mol. The zero-order chi connectivity index (χ0) is 19.4. The number of amides is 2. The summed E-state index contributed by atoms with van der Waals surface area (Å²) in [6.07, 6.45) is 0.122. The molecule has 0 aliphatic rings. The van der Waals surface area contributed by atoms with E-state index in [1.807, 2.05) is 64.2 Å². The monoisotopic (exact) mass is 382 g/mol. The Morgan fingerprint density at radius 3 is 2.70 bits per heavy atom. The Morgan fingerprint density at radius 2 is 1.93 bits per heavy atom. The molecule has 0 radical (unpaired) electrons. The minimum Gasteiger partial charge on any atom is -0.491 e. The second kappa shape index (κ2) is 8.44. The Bertz CT molecular complexity index is 919. The Balaban J connectivity index is 1.64. The van der Waals surface area contributed by atoms with Crippen molar-refractivity contribution in [3.63, 3.8) is 0 Å². The second-order valence-corrected chi connectivity index (χ2v) is 7.93. The van der Waals surface area contributed by atoms with E-state index in [-0.39, 0.29) is 18.2 Å². The number of hydrogen-bond donors (Lipinski definition) is 1. The van der Waals surface area contributed by atoms with Gasteiger partial charge in [-0.25, -0.2) is 4.79 Å². The Morgan fingerprint density at radius 1 is 1.15 bits per heavy atom. The first-order chi connectivity index (χ1) is 12.9. The van der Waals surface area contributed by atoms with E-state index in [2.05, 4.69) is 22.8 Å². The molecule has 2 aromatic carbocycles. The summed E-state index contributed by atoms with van der Waals surface area (Å²) in [5.41, 5.74) is 2.20. The molecule has 0 fully saturated rings. The number of fused-ring (bicyclic) bond motifs is 1. The highest BCUT2D eigenvalue weighted by atomic mass is 32.1. The number of urea groups is 1. The van der Waals surface area contributed by atoms with Crippen LogP contribution >= 0.6 is 11.3 Å². The molecule has 0 bridgehead atoms. The third-order valence-electron chi connectivity index (χ3n) is 4.39. The summed E-state index contributed by atoms with van der Waals surface area (Å²) in [6, 6.07) is 16.0. The fourth-order valence-corrected chi connectivity index (χ4v) is 3.94. The fourth-order valence-electron chi connectivity index (χ4n) is 2.99. The van der Waals surface area contributed by atoms with Gasteiger partial charge in [-0.3, -0.25) is 0 Å². The van der Waals surface area contributed by atoms with E-state index in [9.17, 15) is 4.79 Å². The molecule has 1 unspecified atom stereocenters. The topological polar surface area (TPSA) is 41.6 Å². The van der Waals surface area contributed by atoms with Crippen molar-refractivity contribution in [3.05, 3.63) is 65.0 Å². The van der Waals surface area contributed by atoms with Gasteiger partial charge >= 0.3 is 6.03 Å². The third kappa shape index (κ3) is 4.80. The standard InChI is InChI=1S/C22H26N2O2S/c1-15(2)26-19-9-7-8-17(12-19)16(3)23-22(25)24(4)13-18-14-27-21-11-6-5-10-20(18)21/h5-12,14-16H,13H2,1-4H3,(H,23,25). The van der Waals surface area contributed by atoms with Gasteiger partial charge in [-0.2, -0.15) is 0 Å². The summed E-state index contributed by atoms with van der Waals surface area (Å²) >= 11 is 1.71. The highest BCUT2D eigenvalue weighted by Crippen LogP contribution is 2.26. The van der Waals surface area contributed by atoms with Crippen LogP contribution in [0, 0.1) is 0 Å². The zero-order valence-electron chi connectivity index (χ0n) is 16.2. The molecule has 0 saturated carbocycles. The molecule has 4 nitrogen and oxygen atoms in total. The molecule has 1 atom stereocenters. The lowest BCUT2D eigenvalue weighted by molar-refractivity contribution is 0.203. The molecule has 3 aromatic rings. The Labute approximate surface area is 164 Å². The molecule has 1 heterocycles. The van der Waals surface area contributed by atoms with Crippen molar-refractivity contribution >= 4 is 27.5 Å². The predicted octanol–water partition coefficient (Wildman–Crippen LogP) is 5.59. The first-order valence-corrected chi connectivity index (χ1v) is 10.1. The van der Waals surface area contributed by atoms with Crippen LogP contribution in [0.15, 0.2) is 53.9 Å². The van der Waals surface area contributed by atoms with E-state index in [4.69, 9.17) is 4.74 Å². The minimum atomic E-state index is -0.102. The molecule has 1 aromatic heterocycles. The molecule has 1 N–H and O–H groups in total. The van der Waals surface area contributed by atoms with Crippen LogP contribution in [0.1, 0.15) is 37.9 Å². The highest BCUT2D eigenvalue weighted by molar-refractivity contribution is 7.17. The molecular formula is C22H26N2O2S. The maximum Gasteiger partial charge on any atom is 0.317 e. The minimum absolute atomic E-state index is 0.0898. The van der Waals surface area contributed by atoms with Crippen LogP contribution in [0.25, 0.3) is 10.1 Å². The summed E-state index contributed by atoms with van der Waals surface area (Å²) in [6.45, 7) is 6.57. The fraction of sp³-hybridized carbons (Fsp3) is 0.318. The smallest absolute Gasteiger partial charge is 0.317 e. The molecule has 142 valence electrons. The molecule has 5 heteroatoms. The molecule has 0 saturated heterocycles. The van der Waals surface area contributed by atoms with Gasteiger partial charge in [-0.15, -0.1) is 11.3 Å². The van der Waals surface area contributed by atoms with Gasteiger partial charge in [0, 0.05) is 18.3 Å². The molecule has 3 rings (SSSR count). The van der Waals surface area contributed by atoms with E-state index >= 15 is 0 Å². The van der Waals surface area contributed by atoms with E-state index in [0.29, 0.717) is 6.54 Å². The van der Waals surface area contributed by atoms with Crippen molar-refractivity contribution in [2.45, 2.75) is 39.5 Å². The first kappa shape index (κ1) is 19.2. The van der Waals surface area contributed by atoms with Gasteiger partial charge in [-0.1, -0.05) is 30.3 Å². The predicted molar refractivity (Wildman–Crippen MR) is 112 cm³/mol. The van der Waals surface area contributed by atoms with Crippen molar-refractivity contribution < 1.29 is 9.53 Å². The van der Waals surface area contributed by atoms with E-state index in [0.717, 1.165) is 11.3 Å². The van der Waals surface area contributed by atoms with Crippen LogP contribution < -0.4 is 10.1 Å². The Hall–Kier alpha value is -2.53. The number of nitrogens with one attached hydrogen (secondary N) is 1. The van der Waals surface area contributed by atoms with E-state index in [1.165, 1.54) is 15.6 Å². The largest absolute Gasteiger partial charge is 0.491 e. The number of nitrogens with zero attached hydrogens (tertiary/aromatic N) is 1. The number of carbonyl (C=O) groups is 1. The number of carbonyl (C=O) groups excluding carboxylic acids is 1. The normalized spacial score (nSPS) is 12.2. The highest BCUT2D eigenvalue weighted by Gasteiger charge is 2.15. The summed E-state index contributed by atoms with van der Waals surface area (Å²) in [4.78, 5) is 14.4. The van der Waals surface area contributed by atoms with Crippen LogP contribution in [-0.4, -0.2) is 24.1 Å². The summed E-state index contributed by atoms with van der Waals surface area (Å²) < 4.78 is 6.99. The number of benzene rings is 2. The maximum absolute atomic E-state index is 12.6. The summed E-state index contributed by atoms with van der Waals surface area (Å²) in [7, 11) is 1.83. The molecule has 27 heavy (non-hydrogen) atoms. The number of thiophene rings is 1. The van der Waals surface area contributed by atoms with Crippen molar-refractivity contribution in [1.29, 1.82) is 0 Å². The van der Waals surface area contributed by atoms with Crippen molar-refractivity contribution in [3.8, 4) is 5.75 Å². The van der Waals surface area contributed by atoms with Crippen LogP contribution in [0.2, 0.25) is 0 Å². The lowest BCUT2D eigenvalue weighted by Crippen LogP contribution is -2.38. The molecule has 2 amide bonds. The van der Waals surface area contributed by atoms with Gasteiger partial charge in [0.05, 0.1) is 12.1 Å². The van der Waals surface area contributed by atoms with Gasteiger partial charge in [0.25, 0.3) is 0 Å².